The molecule has 8 heteroatoms. The molecule has 1 saturated carbocycles. The first kappa shape index (κ1) is 21.2. The summed E-state index contributed by atoms with van der Waals surface area (Å²) in [7, 11) is 0. The summed E-state index contributed by atoms with van der Waals surface area (Å²) in [6, 6.07) is 11.9. The van der Waals surface area contributed by atoms with Crippen molar-refractivity contribution in [2.75, 3.05) is 5.32 Å². The second kappa shape index (κ2) is 7.72. The maximum absolute atomic E-state index is 14.7. The van der Waals surface area contributed by atoms with Gasteiger partial charge in [0.25, 0.3) is 5.91 Å². The number of pyridine rings is 1. The van der Waals surface area contributed by atoms with E-state index in [1.807, 2.05) is 11.3 Å². The van der Waals surface area contributed by atoms with Crippen LogP contribution in [0.1, 0.15) is 46.1 Å². The van der Waals surface area contributed by atoms with Crippen molar-refractivity contribution in [3.8, 4) is 11.1 Å². The Balaban J connectivity index is 1.36. The first-order valence-corrected chi connectivity index (χ1v) is 10.5. The summed E-state index contributed by atoms with van der Waals surface area (Å²) in [5.74, 6) is -0.882. The highest BCUT2D eigenvalue weighted by Gasteiger charge is 2.30. The van der Waals surface area contributed by atoms with E-state index in [2.05, 4.69) is 10.3 Å². The number of hydrogen-bond donors (Lipinski definition) is 1. The molecule has 0 bridgehead atoms. The molecule has 0 aliphatic heterocycles. The van der Waals surface area contributed by atoms with Crippen LogP contribution in [-0.4, -0.2) is 15.3 Å². The summed E-state index contributed by atoms with van der Waals surface area (Å²) >= 11 is 0. The molecule has 1 aliphatic rings. The molecule has 2 aromatic carbocycles. The first-order valence-electron chi connectivity index (χ1n) is 10.5. The van der Waals surface area contributed by atoms with Crippen molar-refractivity contribution in [1.82, 2.24) is 9.38 Å². The van der Waals surface area contributed by atoms with Gasteiger partial charge in [-0.3, -0.25) is 4.79 Å². The lowest BCUT2D eigenvalue weighted by atomic mass is 10.0. The highest BCUT2D eigenvalue weighted by Crippen LogP contribution is 2.41. The summed E-state index contributed by atoms with van der Waals surface area (Å²) in [4.78, 5) is 17.3. The van der Waals surface area contributed by atoms with Crippen LogP contribution in [0, 0.1) is 12.7 Å². The Hall–Kier alpha value is -3.68. The number of aromatic nitrogens is 2. The predicted octanol–water partition coefficient (Wildman–Crippen LogP) is 6.60. The third-order valence-corrected chi connectivity index (χ3v) is 5.88. The lowest BCUT2D eigenvalue weighted by molar-refractivity contribution is -0.137. The standard InChI is InChI=1S/C25H19F4N3O/c1-14-23(16-2-3-16)31-22-11-9-19(13-32(14)22)30-24(33)20-10-6-17(12-21(20)26)15-4-7-18(8-5-15)25(27,28)29/h4-13,16H,2-3H2,1H3,(H,30,33). The van der Waals surface area contributed by atoms with Gasteiger partial charge in [0.05, 0.1) is 22.5 Å². The molecule has 0 saturated heterocycles. The SMILES string of the molecule is Cc1c(C2CC2)nc2ccc(NC(=O)c3ccc(-c4ccc(C(F)(F)F)cc4)cc3F)cn12. The Morgan fingerprint density at radius 2 is 1.73 bits per heavy atom. The highest BCUT2D eigenvalue weighted by atomic mass is 19.4. The molecule has 0 radical (unpaired) electrons. The van der Waals surface area contributed by atoms with Crippen LogP contribution in [0.25, 0.3) is 16.8 Å². The Kier molecular flexibility index (Phi) is 4.96. The number of aryl methyl sites for hydroxylation is 1. The van der Waals surface area contributed by atoms with Gasteiger partial charge >= 0.3 is 6.18 Å². The van der Waals surface area contributed by atoms with E-state index in [0.717, 1.165) is 48.1 Å². The fourth-order valence-corrected chi connectivity index (χ4v) is 3.93. The third kappa shape index (κ3) is 4.08. The molecule has 4 nitrogen and oxygen atoms in total. The second-order valence-electron chi connectivity index (χ2n) is 8.23. The molecule has 1 N–H and O–H groups in total. The van der Waals surface area contributed by atoms with Crippen LogP contribution >= 0.6 is 0 Å². The number of amides is 1. The van der Waals surface area contributed by atoms with Crippen LogP contribution in [0.5, 0.6) is 0 Å². The summed E-state index contributed by atoms with van der Waals surface area (Å²) in [6.07, 6.45) is -0.411. The zero-order valence-electron chi connectivity index (χ0n) is 17.6. The average molecular weight is 453 g/mol. The van der Waals surface area contributed by atoms with Crippen LogP contribution in [0.4, 0.5) is 23.2 Å². The molecule has 5 rings (SSSR count). The number of carbonyl (C=O) groups excluding carboxylic acids is 1. The molecule has 0 atom stereocenters. The fraction of sp³-hybridized carbons (Fsp3) is 0.200. The van der Waals surface area contributed by atoms with Gasteiger partial charge in [-0.05, 0) is 67.3 Å². The molecular formula is C25H19F4N3O. The monoisotopic (exact) mass is 453 g/mol. The number of nitrogens with one attached hydrogen (secondary N) is 1. The lowest BCUT2D eigenvalue weighted by Gasteiger charge is -2.10. The molecular weight excluding hydrogens is 434 g/mol. The summed E-state index contributed by atoms with van der Waals surface area (Å²) in [5, 5.41) is 2.70. The number of anilines is 1. The van der Waals surface area contributed by atoms with E-state index in [1.165, 1.54) is 24.3 Å². The minimum atomic E-state index is -4.44. The van der Waals surface area contributed by atoms with E-state index in [0.29, 0.717) is 22.7 Å². The van der Waals surface area contributed by atoms with Gasteiger partial charge in [0.1, 0.15) is 11.5 Å². The Labute approximate surface area is 186 Å². The minimum Gasteiger partial charge on any atom is -0.321 e. The molecule has 4 aromatic rings. The van der Waals surface area contributed by atoms with Gasteiger partial charge in [-0.1, -0.05) is 18.2 Å². The Morgan fingerprint density at radius 3 is 2.36 bits per heavy atom. The number of fused-ring (bicyclic) bond motifs is 1. The van der Waals surface area contributed by atoms with Gasteiger partial charge in [-0.25, -0.2) is 9.37 Å². The molecule has 0 spiro atoms. The normalized spacial score (nSPS) is 14.0. The molecule has 2 heterocycles. The van der Waals surface area contributed by atoms with E-state index in [1.54, 1.807) is 18.3 Å². The second-order valence-corrected chi connectivity index (χ2v) is 8.23. The number of rotatable bonds is 4. The highest BCUT2D eigenvalue weighted by molar-refractivity contribution is 6.04. The number of imidazole rings is 1. The van der Waals surface area contributed by atoms with E-state index in [-0.39, 0.29) is 5.56 Å². The topological polar surface area (TPSA) is 46.4 Å². The molecule has 33 heavy (non-hydrogen) atoms. The van der Waals surface area contributed by atoms with Crippen molar-refractivity contribution in [2.24, 2.45) is 0 Å². The van der Waals surface area contributed by atoms with Crippen LogP contribution in [0.2, 0.25) is 0 Å². The fourth-order valence-electron chi connectivity index (χ4n) is 3.93. The summed E-state index contributed by atoms with van der Waals surface area (Å²) in [5.41, 5.74) is 3.24. The number of halogens is 4. The van der Waals surface area contributed by atoms with Crippen LogP contribution in [0.15, 0.2) is 60.8 Å². The molecule has 1 aliphatic carbocycles. The summed E-state index contributed by atoms with van der Waals surface area (Å²) < 4.78 is 54.9. The Morgan fingerprint density at radius 1 is 1.03 bits per heavy atom. The lowest BCUT2D eigenvalue weighted by Crippen LogP contribution is -2.14. The van der Waals surface area contributed by atoms with Gasteiger partial charge < -0.3 is 9.72 Å². The number of alkyl halides is 3. The zero-order chi connectivity index (χ0) is 23.3. The van der Waals surface area contributed by atoms with Crippen molar-refractivity contribution in [3.63, 3.8) is 0 Å². The zero-order valence-corrected chi connectivity index (χ0v) is 17.6. The van der Waals surface area contributed by atoms with Crippen molar-refractivity contribution in [1.29, 1.82) is 0 Å². The number of carbonyl (C=O) groups is 1. The van der Waals surface area contributed by atoms with Gasteiger partial charge in [0.15, 0.2) is 0 Å². The molecule has 0 unspecified atom stereocenters. The van der Waals surface area contributed by atoms with Crippen LogP contribution in [0.3, 0.4) is 0 Å². The minimum absolute atomic E-state index is 0.160. The van der Waals surface area contributed by atoms with Crippen LogP contribution < -0.4 is 5.32 Å². The smallest absolute Gasteiger partial charge is 0.321 e. The quantitative estimate of drug-likeness (QED) is 0.354. The summed E-state index contributed by atoms with van der Waals surface area (Å²) in [6.45, 7) is 1.99. The van der Waals surface area contributed by atoms with E-state index in [4.69, 9.17) is 0 Å². The van der Waals surface area contributed by atoms with Gasteiger partial charge in [0, 0.05) is 17.8 Å². The maximum Gasteiger partial charge on any atom is 0.416 e. The van der Waals surface area contributed by atoms with Gasteiger partial charge in [-0.2, -0.15) is 13.2 Å². The van der Waals surface area contributed by atoms with Crippen molar-refractivity contribution < 1.29 is 22.4 Å². The molecule has 1 amide bonds. The van der Waals surface area contributed by atoms with Gasteiger partial charge in [0.2, 0.25) is 0 Å². The molecule has 2 aromatic heterocycles. The van der Waals surface area contributed by atoms with Crippen molar-refractivity contribution >= 4 is 17.2 Å². The molecule has 1 fully saturated rings. The maximum atomic E-state index is 14.7. The van der Waals surface area contributed by atoms with Crippen molar-refractivity contribution in [2.45, 2.75) is 31.9 Å². The first-order chi connectivity index (χ1) is 15.7. The van der Waals surface area contributed by atoms with Gasteiger partial charge in [-0.15, -0.1) is 0 Å². The third-order valence-electron chi connectivity index (χ3n) is 5.88. The Bertz CT molecular complexity index is 1370. The number of benzene rings is 2. The van der Waals surface area contributed by atoms with E-state index in [9.17, 15) is 22.4 Å². The van der Waals surface area contributed by atoms with Crippen molar-refractivity contribution in [3.05, 3.63) is 89.1 Å². The van der Waals surface area contributed by atoms with E-state index < -0.39 is 23.5 Å². The molecule has 168 valence electrons. The van der Waals surface area contributed by atoms with Crippen LogP contribution in [-0.2, 0) is 6.18 Å². The van der Waals surface area contributed by atoms with E-state index >= 15 is 0 Å². The number of hydrogen-bond acceptors (Lipinski definition) is 2. The number of nitrogens with zero attached hydrogens (tertiary/aromatic N) is 2. The predicted molar refractivity (Wildman–Crippen MR) is 117 cm³/mol. The largest absolute Gasteiger partial charge is 0.416 e. The average Bonchev–Trinajstić information content (AvgIpc) is 3.57.